The molecule has 1 aromatic rings. The summed E-state index contributed by atoms with van der Waals surface area (Å²) in [5, 5.41) is 0. The van der Waals surface area contributed by atoms with Gasteiger partial charge in [0.1, 0.15) is 5.75 Å². The Labute approximate surface area is 123 Å². The molecule has 3 heteroatoms. The van der Waals surface area contributed by atoms with Crippen LogP contribution >= 0.6 is 0 Å². The quantitative estimate of drug-likeness (QED) is 0.896. The van der Waals surface area contributed by atoms with Gasteiger partial charge in [-0.2, -0.15) is 0 Å². The SMILES string of the molecule is CCOc1cccc(C(CN)N2CCCCCC2C)c1. The van der Waals surface area contributed by atoms with Crippen LogP contribution < -0.4 is 10.5 Å². The number of rotatable bonds is 5. The molecule has 1 heterocycles. The normalized spacial score (nSPS) is 22.2. The van der Waals surface area contributed by atoms with E-state index in [1.54, 1.807) is 0 Å². The molecule has 2 N–H and O–H groups in total. The largest absolute Gasteiger partial charge is 0.494 e. The second-order valence-electron chi connectivity index (χ2n) is 5.69. The minimum Gasteiger partial charge on any atom is -0.494 e. The Balaban J connectivity index is 2.19. The molecule has 0 amide bonds. The van der Waals surface area contributed by atoms with Crippen molar-refractivity contribution in [2.45, 2.75) is 51.6 Å². The molecule has 1 fully saturated rings. The maximum Gasteiger partial charge on any atom is 0.119 e. The summed E-state index contributed by atoms with van der Waals surface area (Å²) in [5.41, 5.74) is 7.37. The molecule has 0 bridgehead atoms. The number of ether oxygens (including phenoxy) is 1. The Bertz CT molecular complexity index is 408. The fourth-order valence-electron chi connectivity index (χ4n) is 3.20. The molecule has 0 saturated carbocycles. The number of nitrogens with zero attached hydrogens (tertiary/aromatic N) is 1. The van der Waals surface area contributed by atoms with Crippen LogP contribution in [0.2, 0.25) is 0 Å². The summed E-state index contributed by atoms with van der Waals surface area (Å²) in [4.78, 5) is 2.58. The minimum atomic E-state index is 0.309. The first-order valence-electron chi connectivity index (χ1n) is 7.94. The monoisotopic (exact) mass is 276 g/mol. The molecule has 1 aliphatic rings. The molecule has 20 heavy (non-hydrogen) atoms. The van der Waals surface area contributed by atoms with E-state index in [-0.39, 0.29) is 0 Å². The van der Waals surface area contributed by atoms with Crippen LogP contribution in [0.4, 0.5) is 0 Å². The van der Waals surface area contributed by atoms with Crippen molar-refractivity contribution in [1.82, 2.24) is 4.90 Å². The zero-order valence-electron chi connectivity index (χ0n) is 12.8. The number of benzene rings is 1. The second kappa shape index (κ2) is 7.65. The Hall–Kier alpha value is -1.06. The van der Waals surface area contributed by atoms with Crippen LogP contribution in [0.1, 0.15) is 51.1 Å². The van der Waals surface area contributed by atoms with Crippen LogP contribution in [0.5, 0.6) is 5.75 Å². The van der Waals surface area contributed by atoms with Gasteiger partial charge in [0.05, 0.1) is 6.61 Å². The Morgan fingerprint density at radius 2 is 2.20 bits per heavy atom. The lowest BCUT2D eigenvalue weighted by Crippen LogP contribution is -2.39. The average Bonchev–Trinajstić information content (AvgIpc) is 2.66. The Morgan fingerprint density at radius 3 is 2.95 bits per heavy atom. The van der Waals surface area contributed by atoms with Crippen LogP contribution in [0.3, 0.4) is 0 Å². The summed E-state index contributed by atoms with van der Waals surface area (Å²) in [6.07, 6.45) is 5.25. The van der Waals surface area contributed by atoms with Crippen molar-refractivity contribution < 1.29 is 4.74 Å². The van der Waals surface area contributed by atoms with Gasteiger partial charge in [0.25, 0.3) is 0 Å². The van der Waals surface area contributed by atoms with E-state index in [1.165, 1.54) is 31.2 Å². The molecule has 3 nitrogen and oxygen atoms in total. The highest BCUT2D eigenvalue weighted by molar-refractivity contribution is 5.31. The Kier molecular flexibility index (Phi) is 5.86. The fraction of sp³-hybridized carbons (Fsp3) is 0.647. The lowest BCUT2D eigenvalue weighted by molar-refractivity contribution is 0.150. The third-order valence-electron chi connectivity index (χ3n) is 4.28. The molecule has 1 saturated heterocycles. The second-order valence-corrected chi connectivity index (χ2v) is 5.69. The molecule has 2 unspecified atom stereocenters. The van der Waals surface area contributed by atoms with Gasteiger partial charge in [0, 0.05) is 18.6 Å². The van der Waals surface area contributed by atoms with Gasteiger partial charge in [-0.3, -0.25) is 4.90 Å². The molecule has 0 aliphatic carbocycles. The van der Waals surface area contributed by atoms with E-state index < -0.39 is 0 Å². The average molecular weight is 276 g/mol. The van der Waals surface area contributed by atoms with Gasteiger partial charge in [-0.1, -0.05) is 25.0 Å². The lowest BCUT2D eigenvalue weighted by Gasteiger charge is -2.35. The van der Waals surface area contributed by atoms with Crippen LogP contribution in [-0.4, -0.2) is 30.6 Å². The van der Waals surface area contributed by atoms with Crippen molar-refractivity contribution in [2.24, 2.45) is 5.73 Å². The summed E-state index contributed by atoms with van der Waals surface area (Å²) in [7, 11) is 0. The number of likely N-dealkylation sites (tertiary alicyclic amines) is 1. The van der Waals surface area contributed by atoms with Crippen molar-refractivity contribution in [3.05, 3.63) is 29.8 Å². The lowest BCUT2D eigenvalue weighted by atomic mass is 10.0. The van der Waals surface area contributed by atoms with E-state index in [0.717, 1.165) is 12.3 Å². The molecule has 0 aromatic heterocycles. The summed E-state index contributed by atoms with van der Waals surface area (Å²) in [6.45, 7) is 6.88. The molecule has 0 spiro atoms. The zero-order valence-corrected chi connectivity index (χ0v) is 12.8. The van der Waals surface area contributed by atoms with Crippen molar-refractivity contribution >= 4 is 0 Å². The van der Waals surface area contributed by atoms with Crippen molar-refractivity contribution in [1.29, 1.82) is 0 Å². The van der Waals surface area contributed by atoms with E-state index in [4.69, 9.17) is 10.5 Å². The third kappa shape index (κ3) is 3.74. The van der Waals surface area contributed by atoms with Gasteiger partial charge in [0.15, 0.2) is 0 Å². The van der Waals surface area contributed by atoms with Gasteiger partial charge in [-0.15, -0.1) is 0 Å². The summed E-state index contributed by atoms with van der Waals surface area (Å²) >= 11 is 0. The molecule has 1 aliphatic heterocycles. The van der Waals surface area contributed by atoms with Crippen molar-refractivity contribution in [3.63, 3.8) is 0 Å². The van der Waals surface area contributed by atoms with Gasteiger partial charge in [-0.05, 0) is 50.9 Å². The van der Waals surface area contributed by atoms with Gasteiger partial charge >= 0.3 is 0 Å². The molecule has 1 aromatic carbocycles. The highest BCUT2D eigenvalue weighted by Crippen LogP contribution is 2.29. The predicted molar refractivity (Wildman–Crippen MR) is 84.0 cm³/mol. The number of nitrogens with two attached hydrogens (primary N) is 1. The molecular weight excluding hydrogens is 248 g/mol. The van der Waals surface area contributed by atoms with E-state index in [9.17, 15) is 0 Å². The molecule has 2 atom stereocenters. The third-order valence-corrected chi connectivity index (χ3v) is 4.28. The topological polar surface area (TPSA) is 38.5 Å². The number of hydrogen-bond donors (Lipinski definition) is 1. The van der Waals surface area contributed by atoms with Crippen molar-refractivity contribution in [3.8, 4) is 5.75 Å². The van der Waals surface area contributed by atoms with Gasteiger partial charge in [-0.25, -0.2) is 0 Å². The first kappa shape index (κ1) is 15.3. The van der Waals surface area contributed by atoms with E-state index >= 15 is 0 Å². The first-order valence-corrected chi connectivity index (χ1v) is 7.94. The van der Waals surface area contributed by atoms with E-state index in [0.29, 0.717) is 25.2 Å². The first-order chi connectivity index (χ1) is 9.76. The van der Waals surface area contributed by atoms with Crippen molar-refractivity contribution in [2.75, 3.05) is 19.7 Å². The minimum absolute atomic E-state index is 0.309. The molecular formula is C17H28N2O. The summed E-state index contributed by atoms with van der Waals surface area (Å²) in [6, 6.07) is 9.35. The zero-order chi connectivity index (χ0) is 14.4. The van der Waals surface area contributed by atoms with Crippen LogP contribution in [0.25, 0.3) is 0 Å². The van der Waals surface area contributed by atoms with Crippen LogP contribution in [0.15, 0.2) is 24.3 Å². The maximum atomic E-state index is 6.09. The fourth-order valence-corrected chi connectivity index (χ4v) is 3.20. The predicted octanol–water partition coefficient (Wildman–Crippen LogP) is 3.35. The number of hydrogen-bond acceptors (Lipinski definition) is 3. The maximum absolute atomic E-state index is 6.09. The molecule has 112 valence electrons. The van der Waals surface area contributed by atoms with Crippen LogP contribution in [0, 0.1) is 0 Å². The van der Waals surface area contributed by atoms with Gasteiger partial charge in [0.2, 0.25) is 0 Å². The highest BCUT2D eigenvalue weighted by atomic mass is 16.5. The van der Waals surface area contributed by atoms with Crippen LogP contribution in [-0.2, 0) is 0 Å². The Morgan fingerprint density at radius 1 is 1.35 bits per heavy atom. The van der Waals surface area contributed by atoms with E-state index in [2.05, 4.69) is 30.0 Å². The highest BCUT2D eigenvalue weighted by Gasteiger charge is 2.25. The standard InChI is InChI=1S/C17H28N2O/c1-3-20-16-10-7-9-15(12-16)17(13-18)19-11-6-4-5-8-14(19)2/h7,9-10,12,14,17H,3-6,8,11,13,18H2,1-2H3. The molecule has 2 rings (SSSR count). The van der Waals surface area contributed by atoms with E-state index in [1.807, 2.05) is 13.0 Å². The summed E-state index contributed by atoms with van der Waals surface area (Å²) < 4.78 is 5.62. The molecule has 0 radical (unpaired) electrons. The van der Waals surface area contributed by atoms with Gasteiger partial charge < -0.3 is 10.5 Å². The smallest absolute Gasteiger partial charge is 0.119 e. The summed E-state index contributed by atoms with van der Waals surface area (Å²) in [5.74, 6) is 0.950.